The van der Waals surface area contributed by atoms with Gasteiger partial charge in [0.25, 0.3) is 0 Å². The molecule has 1 atom stereocenters. The Morgan fingerprint density at radius 2 is 1.95 bits per heavy atom. The molecule has 0 aromatic carbocycles. The van der Waals surface area contributed by atoms with E-state index in [0.29, 0.717) is 25.9 Å². The van der Waals surface area contributed by atoms with Crippen LogP contribution in [0.5, 0.6) is 0 Å². The van der Waals surface area contributed by atoms with E-state index in [9.17, 15) is 14.7 Å². The van der Waals surface area contributed by atoms with Gasteiger partial charge in [-0.15, -0.1) is 0 Å². The molecular weight excluding hydrogens is 256 g/mol. The molecule has 20 heavy (non-hydrogen) atoms. The highest BCUT2D eigenvalue weighted by Gasteiger charge is 2.42. The van der Waals surface area contributed by atoms with Crippen LogP contribution in [0.2, 0.25) is 0 Å². The Morgan fingerprint density at radius 1 is 1.30 bits per heavy atom. The molecule has 1 rings (SSSR count). The lowest BCUT2D eigenvalue weighted by molar-refractivity contribution is -0.152. The Hall–Kier alpha value is -1.26. The summed E-state index contributed by atoms with van der Waals surface area (Å²) >= 11 is 0. The Morgan fingerprint density at radius 3 is 2.45 bits per heavy atom. The smallest absolute Gasteiger partial charge is 0.317 e. The van der Waals surface area contributed by atoms with Crippen molar-refractivity contribution in [3.8, 4) is 0 Å². The number of hydrogen-bond donors (Lipinski definition) is 2. The highest BCUT2D eigenvalue weighted by atomic mass is 16.4. The van der Waals surface area contributed by atoms with Crippen molar-refractivity contribution in [2.75, 3.05) is 13.1 Å². The number of hydrogen-bond acceptors (Lipinski definition) is 2. The van der Waals surface area contributed by atoms with E-state index < -0.39 is 11.4 Å². The zero-order valence-electron chi connectivity index (χ0n) is 12.9. The average molecular weight is 284 g/mol. The van der Waals surface area contributed by atoms with Crippen LogP contribution in [0.3, 0.4) is 0 Å². The SMILES string of the molecule is CCCC1(C(=O)O)CCCN(C(=O)NC(CC)CC)C1. The van der Waals surface area contributed by atoms with Crippen molar-refractivity contribution in [3.63, 3.8) is 0 Å². The van der Waals surface area contributed by atoms with Gasteiger partial charge in [-0.1, -0.05) is 27.2 Å². The van der Waals surface area contributed by atoms with E-state index in [2.05, 4.69) is 5.32 Å². The molecule has 5 heteroatoms. The second-order valence-electron chi connectivity index (χ2n) is 5.82. The summed E-state index contributed by atoms with van der Waals surface area (Å²) in [6.07, 6.45) is 4.70. The maximum atomic E-state index is 12.3. The molecule has 2 amide bonds. The van der Waals surface area contributed by atoms with Crippen molar-refractivity contribution < 1.29 is 14.7 Å². The van der Waals surface area contributed by atoms with E-state index in [-0.39, 0.29) is 12.1 Å². The fourth-order valence-electron chi connectivity index (χ4n) is 3.03. The topological polar surface area (TPSA) is 69.6 Å². The van der Waals surface area contributed by atoms with Crippen molar-refractivity contribution in [1.29, 1.82) is 0 Å². The van der Waals surface area contributed by atoms with Gasteiger partial charge in [-0.3, -0.25) is 4.79 Å². The largest absolute Gasteiger partial charge is 0.481 e. The summed E-state index contributed by atoms with van der Waals surface area (Å²) < 4.78 is 0. The van der Waals surface area contributed by atoms with Crippen LogP contribution in [-0.2, 0) is 4.79 Å². The van der Waals surface area contributed by atoms with Crippen molar-refractivity contribution >= 4 is 12.0 Å². The predicted octanol–water partition coefficient (Wildman–Crippen LogP) is 2.85. The minimum absolute atomic E-state index is 0.111. The third kappa shape index (κ3) is 3.87. The molecule has 1 unspecified atom stereocenters. The second kappa shape index (κ2) is 7.50. The lowest BCUT2D eigenvalue weighted by Crippen LogP contribution is -2.54. The number of nitrogens with one attached hydrogen (secondary N) is 1. The summed E-state index contributed by atoms with van der Waals surface area (Å²) in [6, 6.07) is 0.0648. The van der Waals surface area contributed by atoms with Crippen LogP contribution >= 0.6 is 0 Å². The average Bonchev–Trinajstić information content (AvgIpc) is 2.44. The predicted molar refractivity (Wildman–Crippen MR) is 78.7 cm³/mol. The van der Waals surface area contributed by atoms with Crippen molar-refractivity contribution in [2.45, 2.75) is 65.3 Å². The monoisotopic (exact) mass is 284 g/mol. The second-order valence-corrected chi connectivity index (χ2v) is 5.82. The number of urea groups is 1. The minimum atomic E-state index is -0.764. The Kier molecular flexibility index (Phi) is 6.30. The lowest BCUT2D eigenvalue weighted by atomic mass is 9.76. The number of likely N-dealkylation sites (tertiary alicyclic amines) is 1. The number of carboxylic acid groups (broad SMARTS) is 1. The Balaban J connectivity index is 2.72. The van der Waals surface area contributed by atoms with Gasteiger partial charge in [-0.25, -0.2) is 4.79 Å². The van der Waals surface area contributed by atoms with Gasteiger partial charge >= 0.3 is 12.0 Å². The summed E-state index contributed by atoms with van der Waals surface area (Å²) in [5.74, 6) is -0.764. The molecule has 5 nitrogen and oxygen atoms in total. The van der Waals surface area contributed by atoms with E-state index >= 15 is 0 Å². The molecule has 0 aromatic rings. The molecule has 0 radical (unpaired) electrons. The summed E-state index contributed by atoms with van der Waals surface area (Å²) in [5, 5.41) is 12.5. The molecule has 1 saturated heterocycles. The van der Waals surface area contributed by atoms with Gasteiger partial charge in [0.15, 0.2) is 0 Å². The number of aliphatic carboxylic acids is 1. The van der Waals surface area contributed by atoms with Crippen molar-refractivity contribution in [1.82, 2.24) is 10.2 Å². The summed E-state index contributed by atoms with van der Waals surface area (Å²) in [7, 11) is 0. The van der Waals surface area contributed by atoms with E-state index in [0.717, 1.165) is 25.7 Å². The summed E-state index contributed by atoms with van der Waals surface area (Å²) in [6.45, 7) is 7.08. The van der Waals surface area contributed by atoms with Gasteiger partial charge in [0.05, 0.1) is 5.41 Å². The molecule has 0 bridgehead atoms. The number of nitrogens with zero attached hydrogens (tertiary/aromatic N) is 1. The Bertz CT molecular complexity index is 338. The molecular formula is C15H28N2O3. The number of amides is 2. The normalized spacial score (nSPS) is 22.9. The number of carbonyl (C=O) groups excluding carboxylic acids is 1. The first kappa shape index (κ1) is 16.8. The van der Waals surface area contributed by atoms with E-state index in [1.807, 2.05) is 20.8 Å². The van der Waals surface area contributed by atoms with Crippen molar-refractivity contribution in [3.05, 3.63) is 0 Å². The number of piperidine rings is 1. The fraction of sp³-hybridized carbons (Fsp3) is 0.867. The van der Waals surface area contributed by atoms with Crippen LogP contribution in [0.25, 0.3) is 0 Å². The molecule has 0 spiro atoms. The third-order valence-electron chi connectivity index (χ3n) is 4.36. The molecule has 1 fully saturated rings. The van der Waals surface area contributed by atoms with Crippen LogP contribution < -0.4 is 5.32 Å². The van der Waals surface area contributed by atoms with Gasteiger partial charge in [0, 0.05) is 19.1 Å². The van der Waals surface area contributed by atoms with E-state index in [4.69, 9.17) is 0 Å². The molecule has 116 valence electrons. The van der Waals surface area contributed by atoms with Crippen molar-refractivity contribution in [2.24, 2.45) is 5.41 Å². The molecule has 1 heterocycles. The first-order chi connectivity index (χ1) is 9.49. The van der Waals surface area contributed by atoms with Gasteiger partial charge in [-0.2, -0.15) is 0 Å². The first-order valence-corrected chi connectivity index (χ1v) is 7.78. The summed E-state index contributed by atoms with van der Waals surface area (Å²) in [4.78, 5) is 25.6. The molecule has 0 aliphatic carbocycles. The minimum Gasteiger partial charge on any atom is -0.481 e. The standard InChI is InChI=1S/C15H28N2O3/c1-4-8-15(13(18)19)9-7-10-17(11-15)14(20)16-12(5-2)6-3/h12H,4-11H2,1-3H3,(H,16,20)(H,18,19). The third-order valence-corrected chi connectivity index (χ3v) is 4.36. The highest BCUT2D eigenvalue weighted by Crippen LogP contribution is 2.35. The van der Waals surface area contributed by atoms with Crippen LogP contribution in [0, 0.1) is 5.41 Å². The zero-order valence-corrected chi connectivity index (χ0v) is 12.9. The maximum Gasteiger partial charge on any atom is 0.317 e. The zero-order chi connectivity index (χ0) is 15.2. The number of carboxylic acids is 1. The quantitative estimate of drug-likeness (QED) is 0.788. The van der Waals surface area contributed by atoms with Crippen LogP contribution in [0.4, 0.5) is 4.79 Å². The van der Waals surface area contributed by atoms with Gasteiger partial charge in [0.2, 0.25) is 0 Å². The highest BCUT2D eigenvalue weighted by molar-refractivity contribution is 5.79. The van der Waals surface area contributed by atoms with Gasteiger partial charge in [0.1, 0.15) is 0 Å². The van der Waals surface area contributed by atoms with Gasteiger partial charge < -0.3 is 15.3 Å². The van der Waals surface area contributed by atoms with E-state index in [1.165, 1.54) is 0 Å². The van der Waals surface area contributed by atoms with Crippen LogP contribution in [-0.4, -0.2) is 41.1 Å². The number of rotatable bonds is 6. The van der Waals surface area contributed by atoms with Crippen LogP contribution in [0.15, 0.2) is 0 Å². The molecule has 0 aromatic heterocycles. The molecule has 1 aliphatic heterocycles. The molecule has 0 saturated carbocycles. The molecule has 1 aliphatic rings. The summed E-state index contributed by atoms with van der Waals surface area (Å²) in [5.41, 5.74) is -0.752. The molecule has 2 N–H and O–H groups in total. The van der Waals surface area contributed by atoms with Gasteiger partial charge in [-0.05, 0) is 32.1 Å². The number of carbonyl (C=O) groups is 2. The Labute approximate surface area is 121 Å². The lowest BCUT2D eigenvalue weighted by Gasteiger charge is -2.40. The fourth-order valence-corrected chi connectivity index (χ4v) is 3.03. The van der Waals surface area contributed by atoms with E-state index in [1.54, 1.807) is 4.90 Å². The van der Waals surface area contributed by atoms with Crippen LogP contribution in [0.1, 0.15) is 59.3 Å². The maximum absolute atomic E-state index is 12.3. The first-order valence-electron chi connectivity index (χ1n) is 7.78.